The number of rotatable bonds is 6. The quantitative estimate of drug-likeness (QED) is 0.621. The van der Waals surface area contributed by atoms with Crippen molar-refractivity contribution < 1.29 is 31.5 Å². The molecular formula is C21H24F3N4O4S-. The van der Waals surface area contributed by atoms with Crippen LogP contribution in [0.3, 0.4) is 0 Å². The fraction of sp³-hybridized carbons (Fsp3) is 0.619. The number of nitrogens with one attached hydrogen (secondary N) is 1. The van der Waals surface area contributed by atoms with Crippen molar-refractivity contribution in [2.24, 2.45) is 5.41 Å². The van der Waals surface area contributed by atoms with Gasteiger partial charge in [-0.1, -0.05) is 0 Å². The molecule has 1 N–H and O–H groups in total. The number of carbonyl (C=O) groups is 1. The van der Waals surface area contributed by atoms with Gasteiger partial charge in [-0.05, 0) is 56.7 Å². The van der Waals surface area contributed by atoms with Gasteiger partial charge in [-0.2, -0.15) is 18.4 Å². The van der Waals surface area contributed by atoms with Gasteiger partial charge < -0.3 is 14.6 Å². The number of halogens is 3. The number of fused-ring (bicyclic) bond motifs is 3. The number of carbonyl (C=O) groups excluding carboxylic acids is 1. The van der Waals surface area contributed by atoms with Gasteiger partial charge in [0.05, 0.1) is 45.7 Å². The zero-order chi connectivity index (χ0) is 24.0. The number of anilines is 1. The predicted molar refractivity (Wildman–Crippen MR) is 111 cm³/mol. The number of methoxy groups -OCH3 is 1. The Kier molecular flexibility index (Phi) is 6.20. The summed E-state index contributed by atoms with van der Waals surface area (Å²) in [4.78, 5) is 13.3. The van der Waals surface area contributed by atoms with Crippen LogP contribution in [0.25, 0.3) is 0 Å². The van der Waals surface area contributed by atoms with E-state index in [0.29, 0.717) is 44.6 Å². The Bertz CT molecular complexity index is 982. The molecule has 5 rings (SSSR count). The van der Waals surface area contributed by atoms with Crippen LogP contribution >= 0.6 is 0 Å². The summed E-state index contributed by atoms with van der Waals surface area (Å²) in [6.07, 6.45) is -1.41. The number of nitriles is 1. The van der Waals surface area contributed by atoms with E-state index in [1.807, 2.05) is 0 Å². The second-order valence-electron chi connectivity index (χ2n) is 9.08. The fourth-order valence-electron chi connectivity index (χ4n) is 4.95. The molecule has 0 aromatic heterocycles. The first-order chi connectivity index (χ1) is 15.5. The van der Waals surface area contributed by atoms with Gasteiger partial charge in [0.25, 0.3) is 5.91 Å². The number of amides is 1. The van der Waals surface area contributed by atoms with Crippen LogP contribution in [0.2, 0.25) is 0 Å². The van der Waals surface area contributed by atoms with E-state index in [4.69, 9.17) is 4.74 Å². The number of alkyl halides is 3. The number of hydrogen-bond acceptors (Lipinski definition) is 6. The minimum atomic E-state index is -4.70. The topological polar surface area (TPSA) is 109 Å². The predicted octanol–water partition coefficient (Wildman–Crippen LogP) is 2.90. The Balaban J connectivity index is 1.66. The zero-order valence-corrected chi connectivity index (χ0v) is 18.8. The Labute approximate surface area is 192 Å². The second kappa shape index (κ2) is 8.54. The molecule has 1 saturated heterocycles. The molecule has 1 aromatic carbocycles. The Hall–Kier alpha value is -2.20. The lowest BCUT2D eigenvalue weighted by Gasteiger charge is -2.51. The van der Waals surface area contributed by atoms with Gasteiger partial charge in [-0.15, -0.1) is 0 Å². The lowest BCUT2D eigenvalue weighted by molar-refractivity contribution is -0.137. The lowest BCUT2D eigenvalue weighted by atomic mass is 9.58. The van der Waals surface area contributed by atoms with Crippen LogP contribution in [-0.2, 0) is 22.2 Å². The normalized spacial score (nSPS) is 28.6. The summed E-state index contributed by atoms with van der Waals surface area (Å²) in [6, 6.07) is 4.84. The fourth-order valence-corrected chi connectivity index (χ4v) is 5.59. The van der Waals surface area contributed by atoms with E-state index in [1.54, 1.807) is 0 Å². The summed E-state index contributed by atoms with van der Waals surface area (Å²) < 4.78 is 70.3. The van der Waals surface area contributed by atoms with Crippen LogP contribution in [0.5, 0.6) is 0 Å². The SMILES string of the molecule is COC1CN(N(c2ccc(C(F)(F)F)cc2C(=O)NC23CCC(C#N)(CC2)CC3)S(=O)[O-])C1. The maximum atomic E-state index is 13.4. The molecule has 8 nitrogen and oxygen atoms in total. The van der Waals surface area contributed by atoms with Crippen LogP contribution in [0.15, 0.2) is 18.2 Å². The molecule has 1 heterocycles. The molecule has 1 aliphatic heterocycles. The highest BCUT2D eigenvalue weighted by molar-refractivity contribution is 7.80. The monoisotopic (exact) mass is 485 g/mol. The number of hydrogen-bond donors (Lipinski definition) is 1. The third kappa shape index (κ3) is 4.47. The van der Waals surface area contributed by atoms with E-state index < -0.39 is 34.5 Å². The maximum Gasteiger partial charge on any atom is 0.416 e. The van der Waals surface area contributed by atoms with Gasteiger partial charge in [0.15, 0.2) is 0 Å². The highest BCUT2D eigenvalue weighted by atomic mass is 32.2. The molecule has 4 aliphatic rings. The summed E-state index contributed by atoms with van der Waals surface area (Å²) in [5.41, 5.74) is -2.57. The van der Waals surface area contributed by atoms with Crippen LogP contribution in [0.4, 0.5) is 18.9 Å². The zero-order valence-electron chi connectivity index (χ0n) is 18.0. The summed E-state index contributed by atoms with van der Waals surface area (Å²) >= 11 is -2.87. The van der Waals surface area contributed by atoms with Crippen molar-refractivity contribution in [2.75, 3.05) is 24.6 Å². The standard InChI is InChI=1S/C21H25F3N4O4S/c1-32-15-11-27(12-15)28(33(30)31)17-3-2-14(21(22,23)24)10-16(17)18(29)26-20-7-4-19(13-25,5-8-20)6-9-20/h2-3,10,15H,4-9,11-12H2,1H3,(H,26,29)(H,30,31)/p-1. The molecule has 0 radical (unpaired) electrons. The summed E-state index contributed by atoms with van der Waals surface area (Å²) in [5.74, 6) is -0.762. The summed E-state index contributed by atoms with van der Waals surface area (Å²) in [7, 11) is 1.48. The number of nitrogens with zero attached hydrogens (tertiary/aromatic N) is 3. The largest absolute Gasteiger partial charge is 0.754 e. The van der Waals surface area contributed by atoms with E-state index in [-0.39, 0.29) is 35.9 Å². The smallest absolute Gasteiger partial charge is 0.416 e. The second-order valence-corrected chi connectivity index (χ2v) is 9.86. The maximum absolute atomic E-state index is 13.4. The van der Waals surface area contributed by atoms with E-state index >= 15 is 0 Å². The van der Waals surface area contributed by atoms with Crippen molar-refractivity contribution >= 4 is 22.9 Å². The van der Waals surface area contributed by atoms with E-state index in [1.165, 1.54) is 12.1 Å². The van der Waals surface area contributed by atoms with Crippen LogP contribution < -0.4 is 9.73 Å². The van der Waals surface area contributed by atoms with Crippen LogP contribution in [-0.4, -0.2) is 51.5 Å². The summed E-state index contributed by atoms with van der Waals surface area (Å²) in [6.45, 7) is 0.430. The van der Waals surface area contributed by atoms with Gasteiger partial charge in [0.2, 0.25) is 0 Å². The van der Waals surface area contributed by atoms with Crippen molar-refractivity contribution in [3.8, 4) is 6.07 Å². The highest BCUT2D eigenvalue weighted by Crippen LogP contribution is 2.52. The molecule has 3 aliphatic carbocycles. The average molecular weight is 486 g/mol. The molecule has 1 unspecified atom stereocenters. The van der Waals surface area contributed by atoms with Gasteiger partial charge >= 0.3 is 6.18 Å². The minimum absolute atomic E-state index is 0.155. The Morgan fingerprint density at radius 1 is 1.27 bits per heavy atom. The van der Waals surface area contributed by atoms with Crippen molar-refractivity contribution in [3.05, 3.63) is 29.3 Å². The molecule has 0 spiro atoms. The average Bonchev–Trinajstić information content (AvgIpc) is 2.75. The first-order valence-electron chi connectivity index (χ1n) is 10.6. The molecule has 3 saturated carbocycles. The van der Waals surface area contributed by atoms with Gasteiger partial charge in [-0.3, -0.25) is 9.00 Å². The highest BCUT2D eigenvalue weighted by Gasteiger charge is 2.50. The van der Waals surface area contributed by atoms with Gasteiger partial charge in [-0.25, -0.2) is 9.42 Å². The molecule has 1 aromatic rings. The molecule has 1 atom stereocenters. The first kappa shape index (κ1) is 23.9. The Morgan fingerprint density at radius 2 is 1.88 bits per heavy atom. The minimum Gasteiger partial charge on any atom is -0.754 e. The first-order valence-corrected chi connectivity index (χ1v) is 11.7. The van der Waals surface area contributed by atoms with Crippen molar-refractivity contribution in [3.63, 3.8) is 0 Å². The van der Waals surface area contributed by atoms with Crippen LogP contribution in [0.1, 0.15) is 54.4 Å². The van der Waals surface area contributed by atoms with E-state index in [9.17, 15) is 32.0 Å². The van der Waals surface area contributed by atoms with E-state index in [2.05, 4.69) is 11.4 Å². The molecule has 1 amide bonds. The summed E-state index contributed by atoms with van der Waals surface area (Å²) in [5, 5.41) is 13.7. The van der Waals surface area contributed by atoms with Gasteiger partial charge in [0, 0.05) is 25.7 Å². The lowest BCUT2D eigenvalue weighted by Crippen LogP contribution is -2.61. The molecular weight excluding hydrogens is 461 g/mol. The van der Waals surface area contributed by atoms with Crippen molar-refractivity contribution in [1.29, 1.82) is 5.26 Å². The van der Waals surface area contributed by atoms with E-state index in [0.717, 1.165) is 16.5 Å². The molecule has 33 heavy (non-hydrogen) atoms. The van der Waals surface area contributed by atoms with Crippen molar-refractivity contribution in [1.82, 2.24) is 10.3 Å². The van der Waals surface area contributed by atoms with Crippen molar-refractivity contribution in [2.45, 2.75) is 56.3 Å². The molecule has 180 valence electrons. The van der Waals surface area contributed by atoms with Crippen LogP contribution in [0, 0.1) is 16.7 Å². The Morgan fingerprint density at radius 3 is 2.36 bits per heavy atom. The third-order valence-electron chi connectivity index (χ3n) is 7.20. The molecule has 2 bridgehead atoms. The molecule has 4 fully saturated rings. The third-order valence-corrected chi connectivity index (χ3v) is 7.91. The number of ether oxygens (including phenoxy) is 1. The number of hydrazine groups is 1. The van der Waals surface area contributed by atoms with Gasteiger partial charge in [0.1, 0.15) is 0 Å². The molecule has 12 heteroatoms. The number of benzene rings is 1.